The van der Waals surface area contributed by atoms with Crippen LogP contribution in [0.25, 0.3) is 0 Å². The van der Waals surface area contributed by atoms with Crippen molar-refractivity contribution >= 4 is 11.7 Å². The summed E-state index contributed by atoms with van der Waals surface area (Å²) < 4.78 is 25.1. The fourth-order valence-electron chi connectivity index (χ4n) is 0.956. The van der Waals surface area contributed by atoms with Gasteiger partial charge in [0.05, 0.1) is 6.42 Å². The second-order valence-electron chi connectivity index (χ2n) is 2.94. The van der Waals surface area contributed by atoms with Crippen molar-refractivity contribution in [1.82, 2.24) is 9.78 Å². The van der Waals surface area contributed by atoms with Crippen molar-refractivity contribution in [3.05, 3.63) is 11.8 Å². The molecule has 0 unspecified atom stereocenters. The summed E-state index contributed by atoms with van der Waals surface area (Å²) in [6.07, 6.45) is -3.42. The molecule has 1 heterocycles. The smallest absolute Gasteiger partial charge is 0.247 e. The first kappa shape index (κ1) is 10.6. The van der Waals surface area contributed by atoms with Crippen LogP contribution in [0.1, 0.15) is 12.1 Å². The Morgan fingerprint density at radius 1 is 1.71 bits per heavy atom. The Morgan fingerprint density at radius 2 is 2.36 bits per heavy atom. The zero-order valence-corrected chi connectivity index (χ0v) is 7.92. The fraction of sp³-hybridized carbons (Fsp3) is 0.500. The first-order valence-corrected chi connectivity index (χ1v) is 4.07. The lowest BCUT2D eigenvalue weighted by atomic mass is 10.4. The van der Waals surface area contributed by atoms with Crippen LogP contribution in [-0.4, -0.2) is 22.1 Å². The number of nitrogens with zero attached hydrogens (tertiary/aromatic N) is 2. The molecule has 0 aliphatic heterocycles. The van der Waals surface area contributed by atoms with Crippen molar-refractivity contribution in [3.63, 3.8) is 0 Å². The maximum Gasteiger partial charge on any atom is 0.247 e. The molecular weight excluding hydrogens is 192 g/mol. The van der Waals surface area contributed by atoms with Gasteiger partial charge in [0.1, 0.15) is 0 Å². The van der Waals surface area contributed by atoms with Crippen molar-refractivity contribution in [1.29, 1.82) is 0 Å². The molecule has 0 radical (unpaired) electrons. The highest BCUT2D eigenvalue weighted by molar-refractivity contribution is 5.89. The number of halogens is 2. The van der Waals surface area contributed by atoms with Gasteiger partial charge >= 0.3 is 0 Å². The summed E-state index contributed by atoms with van der Waals surface area (Å²) in [6, 6.07) is 1.61. The van der Waals surface area contributed by atoms with Gasteiger partial charge in [-0.1, -0.05) is 0 Å². The summed E-state index contributed by atoms with van der Waals surface area (Å²) in [4.78, 5) is 10.9. The average Bonchev–Trinajstić information content (AvgIpc) is 2.28. The van der Waals surface area contributed by atoms with Gasteiger partial charge in [0.2, 0.25) is 12.3 Å². The number of carbonyl (C=O) groups excluding carboxylic acids is 1. The van der Waals surface area contributed by atoms with Gasteiger partial charge < -0.3 is 5.32 Å². The summed E-state index contributed by atoms with van der Waals surface area (Å²) in [5, 5.41) is 6.18. The molecule has 1 aromatic heterocycles. The van der Waals surface area contributed by atoms with Crippen LogP contribution in [0.2, 0.25) is 0 Å². The van der Waals surface area contributed by atoms with Crippen LogP contribution in [-0.2, 0) is 11.8 Å². The number of aryl methyl sites for hydroxylation is 2. The van der Waals surface area contributed by atoms with Crippen molar-refractivity contribution in [3.8, 4) is 0 Å². The van der Waals surface area contributed by atoms with Gasteiger partial charge in [-0.05, 0) is 6.92 Å². The first-order valence-electron chi connectivity index (χ1n) is 4.07. The summed E-state index contributed by atoms with van der Waals surface area (Å²) >= 11 is 0. The van der Waals surface area contributed by atoms with Gasteiger partial charge in [-0.15, -0.1) is 0 Å². The van der Waals surface area contributed by atoms with E-state index in [1.165, 1.54) is 0 Å². The lowest BCUT2D eigenvalue weighted by Gasteiger charge is -1.99. The number of amides is 1. The minimum atomic E-state index is -2.63. The Bertz CT molecular complexity index is 316. The molecule has 78 valence electrons. The minimum absolute atomic E-state index is 0.302. The van der Waals surface area contributed by atoms with Gasteiger partial charge in [-0.3, -0.25) is 9.48 Å². The molecule has 0 aromatic carbocycles. The number of anilines is 1. The van der Waals surface area contributed by atoms with Crippen LogP contribution in [0.15, 0.2) is 6.07 Å². The third kappa shape index (κ3) is 2.79. The molecule has 0 aliphatic rings. The molecule has 1 N–H and O–H groups in total. The lowest BCUT2D eigenvalue weighted by molar-refractivity contribution is -0.118. The monoisotopic (exact) mass is 203 g/mol. The van der Waals surface area contributed by atoms with Gasteiger partial charge in [0.25, 0.3) is 0 Å². The van der Waals surface area contributed by atoms with E-state index < -0.39 is 18.8 Å². The van der Waals surface area contributed by atoms with Crippen molar-refractivity contribution in [2.45, 2.75) is 19.8 Å². The molecule has 0 bridgehead atoms. The molecular formula is C8H11F2N3O. The number of alkyl halides is 2. The average molecular weight is 203 g/mol. The van der Waals surface area contributed by atoms with Crippen LogP contribution in [0.4, 0.5) is 14.6 Å². The molecule has 0 saturated heterocycles. The number of hydrogen-bond acceptors (Lipinski definition) is 2. The van der Waals surface area contributed by atoms with Crippen LogP contribution in [0.3, 0.4) is 0 Å². The normalized spacial score (nSPS) is 10.6. The number of carbonyl (C=O) groups is 1. The molecule has 1 rings (SSSR count). The van der Waals surface area contributed by atoms with Crippen LogP contribution < -0.4 is 5.32 Å². The van der Waals surface area contributed by atoms with Gasteiger partial charge in [-0.2, -0.15) is 5.10 Å². The standard InChI is InChI=1S/C8H11F2N3O/c1-5-3-7(12-13(5)2)11-8(14)4-6(9)10/h3,6H,4H2,1-2H3,(H,11,12,14). The summed E-state index contributed by atoms with van der Waals surface area (Å²) in [5.74, 6) is -0.422. The Morgan fingerprint density at radius 3 is 2.79 bits per heavy atom. The Hall–Kier alpha value is -1.46. The van der Waals surface area contributed by atoms with Crippen molar-refractivity contribution < 1.29 is 13.6 Å². The topological polar surface area (TPSA) is 46.9 Å². The fourth-order valence-corrected chi connectivity index (χ4v) is 0.956. The SMILES string of the molecule is Cc1cc(NC(=O)CC(F)F)nn1C. The Labute approximate surface area is 79.9 Å². The number of nitrogens with one attached hydrogen (secondary N) is 1. The highest BCUT2D eigenvalue weighted by Crippen LogP contribution is 2.08. The van der Waals surface area contributed by atoms with E-state index in [-0.39, 0.29) is 0 Å². The zero-order valence-electron chi connectivity index (χ0n) is 7.92. The van der Waals surface area contributed by atoms with E-state index in [0.29, 0.717) is 5.82 Å². The van der Waals surface area contributed by atoms with E-state index in [1.54, 1.807) is 24.7 Å². The van der Waals surface area contributed by atoms with Gasteiger partial charge in [-0.25, -0.2) is 8.78 Å². The summed E-state index contributed by atoms with van der Waals surface area (Å²) in [7, 11) is 1.71. The molecule has 1 aromatic rings. The van der Waals surface area contributed by atoms with Gasteiger partial charge in [0, 0.05) is 18.8 Å². The lowest BCUT2D eigenvalue weighted by Crippen LogP contribution is -2.15. The molecule has 0 fully saturated rings. The Kier molecular flexibility index (Phi) is 3.16. The zero-order chi connectivity index (χ0) is 10.7. The highest BCUT2D eigenvalue weighted by Gasteiger charge is 2.12. The molecule has 14 heavy (non-hydrogen) atoms. The maximum atomic E-state index is 11.8. The molecule has 1 amide bonds. The van der Waals surface area contributed by atoms with Crippen LogP contribution >= 0.6 is 0 Å². The Balaban J connectivity index is 2.56. The molecule has 0 saturated carbocycles. The summed E-state index contributed by atoms with van der Waals surface area (Å²) in [5.41, 5.74) is 0.845. The van der Waals surface area contributed by atoms with E-state index in [2.05, 4.69) is 10.4 Å². The molecule has 4 nitrogen and oxygen atoms in total. The third-order valence-corrected chi connectivity index (χ3v) is 1.72. The maximum absolute atomic E-state index is 11.8. The van der Waals surface area contributed by atoms with E-state index in [4.69, 9.17) is 0 Å². The first-order chi connectivity index (χ1) is 6.49. The highest BCUT2D eigenvalue weighted by atomic mass is 19.3. The van der Waals surface area contributed by atoms with E-state index in [1.807, 2.05) is 0 Å². The van der Waals surface area contributed by atoms with Gasteiger partial charge in [0.15, 0.2) is 5.82 Å². The molecule has 6 heteroatoms. The second kappa shape index (κ2) is 4.17. The minimum Gasteiger partial charge on any atom is -0.309 e. The van der Waals surface area contributed by atoms with Crippen molar-refractivity contribution in [2.24, 2.45) is 7.05 Å². The van der Waals surface area contributed by atoms with Crippen LogP contribution in [0.5, 0.6) is 0 Å². The predicted molar refractivity (Wildman–Crippen MR) is 47.2 cm³/mol. The largest absolute Gasteiger partial charge is 0.309 e. The summed E-state index contributed by atoms with van der Waals surface area (Å²) in [6.45, 7) is 1.80. The number of aromatic nitrogens is 2. The number of hydrogen-bond donors (Lipinski definition) is 1. The number of rotatable bonds is 3. The molecule has 0 aliphatic carbocycles. The molecule has 0 spiro atoms. The van der Waals surface area contributed by atoms with E-state index in [0.717, 1.165) is 5.69 Å². The molecule has 0 atom stereocenters. The quantitative estimate of drug-likeness (QED) is 0.805. The predicted octanol–water partition coefficient (Wildman–Crippen LogP) is 1.32. The van der Waals surface area contributed by atoms with Crippen LogP contribution in [0, 0.1) is 6.92 Å². The van der Waals surface area contributed by atoms with E-state index in [9.17, 15) is 13.6 Å². The third-order valence-electron chi connectivity index (χ3n) is 1.72. The second-order valence-corrected chi connectivity index (χ2v) is 2.94. The van der Waals surface area contributed by atoms with Crippen molar-refractivity contribution in [2.75, 3.05) is 5.32 Å². The van der Waals surface area contributed by atoms with E-state index >= 15 is 0 Å².